The molecule has 0 spiro atoms. The number of likely N-dealkylation sites (tertiary alicyclic amines) is 1. The van der Waals surface area contributed by atoms with E-state index >= 15 is 0 Å². The summed E-state index contributed by atoms with van der Waals surface area (Å²) >= 11 is 0. The highest BCUT2D eigenvalue weighted by atomic mass is 16.3. The summed E-state index contributed by atoms with van der Waals surface area (Å²) in [4.78, 5) is 18.3. The van der Waals surface area contributed by atoms with Crippen molar-refractivity contribution in [3.05, 3.63) is 29.6 Å². The molecule has 1 aliphatic rings. The minimum absolute atomic E-state index is 0.135. The zero-order chi connectivity index (χ0) is 14.4. The zero-order valence-corrected chi connectivity index (χ0v) is 11.2. The van der Waals surface area contributed by atoms with E-state index in [-0.39, 0.29) is 25.0 Å². The summed E-state index contributed by atoms with van der Waals surface area (Å²) in [7, 11) is 0. The lowest BCUT2D eigenvalue weighted by Crippen LogP contribution is -2.39. The highest BCUT2D eigenvalue weighted by Crippen LogP contribution is 2.18. The highest BCUT2D eigenvalue weighted by Gasteiger charge is 2.25. The van der Waals surface area contributed by atoms with E-state index in [0.717, 1.165) is 12.8 Å². The molecule has 1 aliphatic heterocycles. The number of aliphatic hydroxyl groups is 2. The van der Waals surface area contributed by atoms with Gasteiger partial charge in [-0.15, -0.1) is 0 Å². The third-order valence-corrected chi connectivity index (χ3v) is 3.47. The molecule has 20 heavy (non-hydrogen) atoms. The maximum Gasteiger partial charge on any atom is 0.273 e. The lowest BCUT2D eigenvalue weighted by molar-refractivity contribution is 0.0645. The molecule has 0 aromatic carbocycles. The molecule has 5 nitrogen and oxygen atoms in total. The maximum absolute atomic E-state index is 12.4. The van der Waals surface area contributed by atoms with Crippen molar-refractivity contribution in [2.24, 2.45) is 5.92 Å². The van der Waals surface area contributed by atoms with Gasteiger partial charge >= 0.3 is 0 Å². The van der Waals surface area contributed by atoms with Crippen LogP contribution in [0.4, 0.5) is 0 Å². The van der Waals surface area contributed by atoms with Gasteiger partial charge in [-0.1, -0.05) is 11.8 Å². The van der Waals surface area contributed by atoms with Gasteiger partial charge in [0, 0.05) is 25.9 Å². The Hall–Kier alpha value is -1.90. The summed E-state index contributed by atoms with van der Waals surface area (Å²) in [6.45, 7) is 1.20. The summed E-state index contributed by atoms with van der Waals surface area (Å²) in [5, 5.41) is 17.9. The molecule has 0 saturated carbocycles. The molecule has 1 aromatic rings. The molecule has 1 fully saturated rings. The molecule has 0 bridgehead atoms. The van der Waals surface area contributed by atoms with Gasteiger partial charge in [-0.05, 0) is 30.9 Å². The van der Waals surface area contributed by atoms with Gasteiger partial charge < -0.3 is 15.1 Å². The number of piperidine rings is 1. The second-order valence-corrected chi connectivity index (χ2v) is 4.78. The number of rotatable bonds is 2. The fourth-order valence-electron chi connectivity index (χ4n) is 2.28. The van der Waals surface area contributed by atoms with E-state index in [1.54, 1.807) is 23.2 Å². The fraction of sp³-hybridized carbons (Fsp3) is 0.467. The van der Waals surface area contributed by atoms with Gasteiger partial charge in [0.25, 0.3) is 5.91 Å². The number of aromatic nitrogens is 1. The van der Waals surface area contributed by atoms with Crippen molar-refractivity contribution >= 4 is 5.91 Å². The molecule has 106 valence electrons. The Labute approximate surface area is 118 Å². The highest BCUT2D eigenvalue weighted by molar-refractivity contribution is 5.94. The molecule has 1 aromatic heterocycles. The van der Waals surface area contributed by atoms with E-state index in [4.69, 9.17) is 10.2 Å². The van der Waals surface area contributed by atoms with Crippen molar-refractivity contribution in [1.29, 1.82) is 0 Å². The SMILES string of the molecule is O=C(c1ncccc1C#CCO)N1CCC(CO)CC1. The monoisotopic (exact) mass is 274 g/mol. The minimum Gasteiger partial charge on any atom is -0.396 e. The molecular formula is C15H18N2O3. The van der Waals surface area contributed by atoms with Crippen LogP contribution in [-0.2, 0) is 0 Å². The summed E-state index contributed by atoms with van der Waals surface area (Å²) in [6.07, 6.45) is 3.19. The number of hydrogen-bond acceptors (Lipinski definition) is 4. The molecule has 5 heteroatoms. The summed E-state index contributed by atoms with van der Waals surface area (Å²) in [6, 6.07) is 3.44. The van der Waals surface area contributed by atoms with Crippen LogP contribution < -0.4 is 0 Å². The number of nitrogens with zero attached hydrogens (tertiary/aromatic N) is 2. The standard InChI is InChI=1S/C15H18N2O3/c18-10-2-4-13-3-1-7-16-14(13)15(20)17-8-5-12(11-19)6-9-17/h1,3,7,12,18-19H,5-6,8-11H2. The first-order chi connectivity index (χ1) is 9.76. The van der Waals surface area contributed by atoms with Crippen LogP contribution in [0.25, 0.3) is 0 Å². The topological polar surface area (TPSA) is 73.7 Å². The van der Waals surface area contributed by atoms with E-state index in [1.807, 2.05) is 0 Å². The van der Waals surface area contributed by atoms with Gasteiger partial charge in [0.15, 0.2) is 0 Å². The third-order valence-electron chi connectivity index (χ3n) is 3.47. The molecule has 2 N–H and O–H groups in total. The number of pyridine rings is 1. The Kier molecular flexibility index (Phi) is 5.10. The quantitative estimate of drug-likeness (QED) is 0.759. The van der Waals surface area contributed by atoms with Crippen molar-refractivity contribution in [1.82, 2.24) is 9.88 Å². The normalized spacial score (nSPS) is 15.6. The van der Waals surface area contributed by atoms with Crippen LogP contribution in [0.2, 0.25) is 0 Å². The summed E-state index contributed by atoms with van der Waals surface area (Å²) < 4.78 is 0. The summed E-state index contributed by atoms with van der Waals surface area (Å²) in [5.74, 6) is 5.45. The second-order valence-electron chi connectivity index (χ2n) is 4.78. The van der Waals surface area contributed by atoms with E-state index in [0.29, 0.717) is 24.3 Å². The van der Waals surface area contributed by atoms with E-state index in [9.17, 15) is 4.79 Å². The van der Waals surface area contributed by atoms with Crippen molar-refractivity contribution in [3.63, 3.8) is 0 Å². The molecule has 2 rings (SSSR count). The summed E-state index contributed by atoms with van der Waals surface area (Å²) in [5.41, 5.74) is 0.867. The molecule has 1 saturated heterocycles. The minimum atomic E-state index is -0.246. The van der Waals surface area contributed by atoms with Gasteiger partial charge in [0.05, 0.1) is 5.56 Å². The van der Waals surface area contributed by atoms with Crippen LogP contribution in [0.1, 0.15) is 28.9 Å². The van der Waals surface area contributed by atoms with Crippen LogP contribution in [0.3, 0.4) is 0 Å². The number of carbonyl (C=O) groups excluding carboxylic acids is 1. The number of hydrogen-bond donors (Lipinski definition) is 2. The van der Waals surface area contributed by atoms with Crippen molar-refractivity contribution < 1.29 is 15.0 Å². The Morgan fingerprint density at radius 3 is 2.80 bits per heavy atom. The first kappa shape index (κ1) is 14.5. The fourth-order valence-corrected chi connectivity index (χ4v) is 2.28. The number of carbonyl (C=O) groups is 1. The van der Waals surface area contributed by atoms with Crippen LogP contribution >= 0.6 is 0 Å². The molecule has 2 heterocycles. The van der Waals surface area contributed by atoms with Crippen LogP contribution in [-0.4, -0.2) is 52.3 Å². The Bertz CT molecular complexity index is 525. The van der Waals surface area contributed by atoms with E-state index in [2.05, 4.69) is 16.8 Å². The van der Waals surface area contributed by atoms with Gasteiger partial charge in [-0.25, -0.2) is 4.98 Å². The lowest BCUT2D eigenvalue weighted by Gasteiger charge is -2.31. The molecule has 0 radical (unpaired) electrons. The molecule has 0 aliphatic carbocycles. The first-order valence-corrected chi connectivity index (χ1v) is 6.71. The molecular weight excluding hydrogens is 256 g/mol. The van der Waals surface area contributed by atoms with Crippen molar-refractivity contribution in [2.45, 2.75) is 12.8 Å². The average molecular weight is 274 g/mol. The Morgan fingerprint density at radius 1 is 1.40 bits per heavy atom. The molecule has 0 unspecified atom stereocenters. The van der Waals surface area contributed by atoms with Crippen molar-refractivity contribution in [3.8, 4) is 11.8 Å². The number of amides is 1. The molecule has 1 amide bonds. The zero-order valence-electron chi connectivity index (χ0n) is 11.2. The Morgan fingerprint density at radius 2 is 2.15 bits per heavy atom. The van der Waals surface area contributed by atoms with Gasteiger partial charge in [0.2, 0.25) is 0 Å². The predicted molar refractivity (Wildman–Crippen MR) is 73.9 cm³/mol. The first-order valence-electron chi connectivity index (χ1n) is 6.71. The lowest BCUT2D eigenvalue weighted by atomic mass is 9.97. The maximum atomic E-state index is 12.4. The van der Waals surface area contributed by atoms with E-state index < -0.39 is 0 Å². The van der Waals surface area contributed by atoms with Crippen molar-refractivity contribution in [2.75, 3.05) is 26.3 Å². The molecule has 0 atom stereocenters. The average Bonchev–Trinajstić information content (AvgIpc) is 2.52. The number of aliphatic hydroxyl groups excluding tert-OH is 2. The van der Waals surface area contributed by atoms with E-state index in [1.165, 1.54) is 0 Å². The van der Waals surface area contributed by atoms with Crippen LogP contribution in [0, 0.1) is 17.8 Å². The smallest absolute Gasteiger partial charge is 0.273 e. The van der Waals surface area contributed by atoms with Gasteiger partial charge in [-0.3, -0.25) is 4.79 Å². The van der Waals surface area contributed by atoms with Gasteiger partial charge in [-0.2, -0.15) is 0 Å². The Balaban J connectivity index is 2.13. The van der Waals surface area contributed by atoms with Crippen LogP contribution in [0.15, 0.2) is 18.3 Å². The largest absolute Gasteiger partial charge is 0.396 e. The van der Waals surface area contributed by atoms with Gasteiger partial charge in [0.1, 0.15) is 12.3 Å². The predicted octanol–water partition coefficient (Wildman–Crippen LogP) is 0.270. The second kappa shape index (κ2) is 7.04. The van der Waals surface area contributed by atoms with Crippen LogP contribution in [0.5, 0.6) is 0 Å². The third kappa shape index (κ3) is 3.35.